The van der Waals surface area contributed by atoms with Crippen LogP contribution >= 0.6 is 0 Å². The minimum Gasteiger partial charge on any atom is -0.341 e. The maximum Gasteiger partial charge on any atom is 0.227 e. The smallest absolute Gasteiger partial charge is 0.227 e. The average molecular weight is 233 g/mol. The lowest BCUT2D eigenvalue weighted by Gasteiger charge is -2.35. The lowest BCUT2D eigenvalue weighted by atomic mass is 9.94. The minimum atomic E-state index is 0.116. The Hall–Kier alpha value is -1.42. The van der Waals surface area contributed by atoms with Crippen LogP contribution in [-0.2, 0) is 11.2 Å². The van der Waals surface area contributed by atoms with Crippen LogP contribution in [0.4, 0.5) is 0 Å². The van der Waals surface area contributed by atoms with Crippen LogP contribution in [0.2, 0.25) is 0 Å². The summed E-state index contributed by atoms with van der Waals surface area (Å²) in [4.78, 5) is 17.9. The summed E-state index contributed by atoms with van der Waals surface area (Å²) in [6.07, 6.45) is 4.88. The number of pyridine rings is 1. The zero-order valence-electron chi connectivity index (χ0n) is 10.2. The van der Waals surface area contributed by atoms with Crippen molar-refractivity contribution in [2.24, 2.45) is 11.7 Å². The van der Waals surface area contributed by atoms with Crippen LogP contribution in [0, 0.1) is 5.92 Å². The number of piperidine rings is 1. The van der Waals surface area contributed by atoms with Gasteiger partial charge < -0.3 is 10.6 Å². The highest BCUT2D eigenvalue weighted by atomic mass is 16.2. The Bertz CT molecular complexity index is 380. The fraction of sp³-hybridized carbons (Fsp3) is 0.538. The molecule has 2 rings (SSSR count). The van der Waals surface area contributed by atoms with Gasteiger partial charge >= 0.3 is 0 Å². The van der Waals surface area contributed by atoms with E-state index >= 15 is 0 Å². The summed E-state index contributed by atoms with van der Waals surface area (Å²) in [6.45, 7) is 3.67. The van der Waals surface area contributed by atoms with E-state index in [0.717, 1.165) is 18.5 Å². The molecule has 1 amide bonds. The van der Waals surface area contributed by atoms with Crippen molar-refractivity contribution in [1.82, 2.24) is 9.88 Å². The molecule has 2 heterocycles. The number of hydrogen-bond acceptors (Lipinski definition) is 3. The maximum absolute atomic E-state index is 12.1. The Balaban J connectivity index is 1.93. The monoisotopic (exact) mass is 233 g/mol. The number of nitrogens with two attached hydrogens (primary N) is 1. The quantitative estimate of drug-likeness (QED) is 0.822. The highest BCUT2D eigenvalue weighted by Gasteiger charge is 2.25. The molecule has 1 aliphatic heterocycles. The molecule has 1 aliphatic rings. The Morgan fingerprint density at radius 1 is 1.53 bits per heavy atom. The van der Waals surface area contributed by atoms with Crippen molar-refractivity contribution >= 4 is 5.91 Å². The van der Waals surface area contributed by atoms with Gasteiger partial charge in [-0.15, -0.1) is 0 Å². The molecule has 1 aromatic heterocycles. The van der Waals surface area contributed by atoms with Crippen molar-refractivity contribution in [2.45, 2.75) is 25.8 Å². The Kier molecular flexibility index (Phi) is 3.74. The molecular weight excluding hydrogens is 214 g/mol. The van der Waals surface area contributed by atoms with E-state index in [9.17, 15) is 4.79 Å². The van der Waals surface area contributed by atoms with E-state index in [1.807, 2.05) is 17.0 Å². The summed E-state index contributed by atoms with van der Waals surface area (Å²) in [6, 6.07) is 3.87. The first-order chi connectivity index (χ1) is 8.16. The Labute approximate surface area is 102 Å². The van der Waals surface area contributed by atoms with Gasteiger partial charge in [0, 0.05) is 31.5 Å². The summed E-state index contributed by atoms with van der Waals surface area (Å²) < 4.78 is 0. The number of rotatable bonds is 2. The van der Waals surface area contributed by atoms with E-state index in [4.69, 9.17) is 5.73 Å². The first kappa shape index (κ1) is 12.0. The molecule has 1 fully saturated rings. The van der Waals surface area contributed by atoms with Crippen molar-refractivity contribution < 1.29 is 4.79 Å². The fourth-order valence-corrected chi connectivity index (χ4v) is 2.11. The summed E-state index contributed by atoms with van der Waals surface area (Å²) in [7, 11) is 0. The summed E-state index contributed by atoms with van der Waals surface area (Å²) in [5.74, 6) is 0.679. The molecule has 0 aromatic carbocycles. The van der Waals surface area contributed by atoms with Crippen molar-refractivity contribution in [2.75, 3.05) is 13.1 Å². The molecule has 4 heteroatoms. The number of nitrogens with zero attached hydrogens (tertiary/aromatic N) is 2. The molecule has 1 saturated heterocycles. The number of hydrogen-bond donors (Lipinski definition) is 1. The summed E-state index contributed by atoms with van der Waals surface area (Å²) >= 11 is 0. The van der Waals surface area contributed by atoms with Crippen molar-refractivity contribution in [3.8, 4) is 0 Å². The topological polar surface area (TPSA) is 59.2 Å². The lowest BCUT2D eigenvalue weighted by molar-refractivity contribution is -0.132. The molecule has 0 bridgehead atoms. The van der Waals surface area contributed by atoms with Crippen LogP contribution in [0.1, 0.15) is 18.9 Å². The SMILES string of the molecule is CC1CCN(C(=O)Cc2ccncc2)CC1N. The predicted octanol–water partition coefficient (Wildman–Crippen LogP) is 0.820. The van der Waals surface area contributed by atoms with Gasteiger partial charge in [-0.3, -0.25) is 9.78 Å². The van der Waals surface area contributed by atoms with E-state index in [1.165, 1.54) is 0 Å². The zero-order chi connectivity index (χ0) is 12.3. The maximum atomic E-state index is 12.1. The third-order valence-corrected chi connectivity index (χ3v) is 3.47. The van der Waals surface area contributed by atoms with Gasteiger partial charge in [-0.25, -0.2) is 0 Å². The number of carbonyl (C=O) groups is 1. The molecule has 0 aliphatic carbocycles. The van der Waals surface area contributed by atoms with Gasteiger partial charge in [0.05, 0.1) is 6.42 Å². The first-order valence-electron chi connectivity index (χ1n) is 6.09. The predicted molar refractivity (Wildman–Crippen MR) is 66.3 cm³/mol. The molecule has 2 unspecified atom stereocenters. The lowest BCUT2D eigenvalue weighted by Crippen LogP contribution is -2.50. The minimum absolute atomic E-state index is 0.116. The van der Waals surface area contributed by atoms with E-state index < -0.39 is 0 Å². The number of amides is 1. The first-order valence-corrected chi connectivity index (χ1v) is 6.09. The Morgan fingerprint density at radius 3 is 2.88 bits per heavy atom. The third-order valence-electron chi connectivity index (χ3n) is 3.47. The van der Waals surface area contributed by atoms with Gasteiger partial charge in [-0.05, 0) is 30.0 Å². The number of aromatic nitrogens is 1. The molecule has 2 atom stereocenters. The second-order valence-electron chi connectivity index (χ2n) is 4.80. The van der Waals surface area contributed by atoms with Crippen molar-refractivity contribution in [1.29, 1.82) is 0 Å². The van der Waals surface area contributed by atoms with Crippen LogP contribution in [0.15, 0.2) is 24.5 Å². The van der Waals surface area contributed by atoms with Crippen LogP contribution < -0.4 is 5.73 Å². The van der Waals surface area contributed by atoms with Crippen LogP contribution in [-0.4, -0.2) is 34.9 Å². The Morgan fingerprint density at radius 2 is 2.24 bits per heavy atom. The molecule has 2 N–H and O–H groups in total. The van der Waals surface area contributed by atoms with E-state index in [-0.39, 0.29) is 11.9 Å². The number of likely N-dealkylation sites (tertiary alicyclic amines) is 1. The van der Waals surface area contributed by atoms with E-state index in [1.54, 1.807) is 12.4 Å². The van der Waals surface area contributed by atoms with Gasteiger partial charge in [0.2, 0.25) is 5.91 Å². The van der Waals surface area contributed by atoms with Gasteiger partial charge in [0.1, 0.15) is 0 Å². The highest BCUT2D eigenvalue weighted by Crippen LogP contribution is 2.16. The van der Waals surface area contributed by atoms with E-state index in [0.29, 0.717) is 18.9 Å². The van der Waals surface area contributed by atoms with Gasteiger partial charge in [-0.1, -0.05) is 6.92 Å². The zero-order valence-corrected chi connectivity index (χ0v) is 10.2. The second kappa shape index (κ2) is 5.27. The standard InChI is InChI=1S/C13H19N3O/c1-10-4-7-16(9-12(10)14)13(17)8-11-2-5-15-6-3-11/h2-3,5-6,10,12H,4,7-9,14H2,1H3. The molecule has 4 nitrogen and oxygen atoms in total. The van der Waals surface area contributed by atoms with Gasteiger partial charge in [-0.2, -0.15) is 0 Å². The molecule has 0 spiro atoms. The summed E-state index contributed by atoms with van der Waals surface area (Å²) in [5, 5.41) is 0. The van der Waals surface area contributed by atoms with Gasteiger partial charge in [0.25, 0.3) is 0 Å². The molecule has 1 aromatic rings. The second-order valence-corrected chi connectivity index (χ2v) is 4.80. The average Bonchev–Trinajstić information content (AvgIpc) is 2.34. The van der Waals surface area contributed by atoms with Crippen LogP contribution in [0.3, 0.4) is 0 Å². The molecule has 17 heavy (non-hydrogen) atoms. The van der Waals surface area contributed by atoms with Crippen molar-refractivity contribution in [3.05, 3.63) is 30.1 Å². The molecule has 0 radical (unpaired) electrons. The largest absolute Gasteiger partial charge is 0.341 e. The highest BCUT2D eigenvalue weighted by molar-refractivity contribution is 5.78. The molecular formula is C13H19N3O. The molecule has 0 saturated carbocycles. The van der Waals surface area contributed by atoms with E-state index in [2.05, 4.69) is 11.9 Å². The van der Waals surface area contributed by atoms with Crippen LogP contribution in [0.5, 0.6) is 0 Å². The third kappa shape index (κ3) is 3.03. The fourth-order valence-electron chi connectivity index (χ4n) is 2.11. The van der Waals surface area contributed by atoms with Gasteiger partial charge in [0.15, 0.2) is 0 Å². The van der Waals surface area contributed by atoms with Crippen LogP contribution in [0.25, 0.3) is 0 Å². The van der Waals surface area contributed by atoms with Crippen molar-refractivity contribution in [3.63, 3.8) is 0 Å². The normalized spacial score (nSPS) is 24.7. The summed E-state index contributed by atoms with van der Waals surface area (Å²) in [5.41, 5.74) is 7.01. The molecule has 92 valence electrons. The number of carbonyl (C=O) groups excluding carboxylic acids is 1.